The first-order valence-corrected chi connectivity index (χ1v) is 12.2. The highest BCUT2D eigenvalue weighted by Crippen LogP contribution is 2.42. The van der Waals surface area contributed by atoms with Crippen LogP contribution < -0.4 is 10.4 Å². The molecule has 9 nitrogen and oxygen atoms in total. The zero-order valence-electron chi connectivity index (χ0n) is 17.5. The van der Waals surface area contributed by atoms with E-state index in [9.17, 15) is 9.46 Å². The van der Waals surface area contributed by atoms with Crippen molar-refractivity contribution in [1.29, 1.82) is 0 Å². The fraction of sp³-hybridized carbons (Fsp3) is 0.286. The molecule has 0 aliphatic rings. The van der Waals surface area contributed by atoms with Gasteiger partial charge in [0, 0.05) is 47.9 Å². The molecule has 3 aromatic heterocycles. The van der Waals surface area contributed by atoms with Gasteiger partial charge in [0.2, 0.25) is 0 Å². The summed E-state index contributed by atoms with van der Waals surface area (Å²) in [6.07, 6.45) is 11.2. The average molecular weight is 523 g/mol. The van der Waals surface area contributed by atoms with Gasteiger partial charge in [0.15, 0.2) is 5.75 Å². The lowest BCUT2D eigenvalue weighted by Gasteiger charge is -2.12. The highest BCUT2D eigenvalue weighted by molar-refractivity contribution is 9.10. The molecule has 0 saturated heterocycles. The van der Waals surface area contributed by atoms with Gasteiger partial charge in [-0.3, -0.25) is 19.8 Å². The Morgan fingerprint density at radius 3 is 2.75 bits per heavy atom. The van der Waals surface area contributed by atoms with E-state index in [2.05, 4.69) is 41.0 Å². The van der Waals surface area contributed by atoms with E-state index in [-0.39, 0.29) is 5.75 Å². The first-order valence-electron chi connectivity index (χ1n) is 9.96. The van der Waals surface area contributed by atoms with E-state index in [1.165, 1.54) is 6.20 Å². The number of hydrogen-bond donors (Lipinski definition) is 2. The molecular weight excluding hydrogens is 499 g/mol. The second-order valence-electron chi connectivity index (χ2n) is 7.05. The highest BCUT2D eigenvalue weighted by Gasteiger charge is 2.24. The molecule has 1 unspecified atom stereocenters. The minimum atomic E-state index is -4.45. The van der Waals surface area contributed by atoms with Crippen molar-refractivity contribution in [3.8, 4) is 5.75 Å². The van der Waals surface area contributed by atoms with Crippen LogP contribution in [0, 0.1) is 6.92 Å². The number of aryl methyl sites for hydroxylation is 2. The number of aromatic nitrogens is 3. The molecule has 3 rings (SSSR count). The maximum Gasteiger partial charge on any atom is 0.525 e. The molecule has 0 bridgehead atoms. The zero-order valence-corrected chi connectivity index (χ0v) is 20.0. The van der Waals surface area contributed by atoms with Crippen LogP contribution in [-0.4, -0.2) is 26.4 Å². The van der Waals surface area contributed by atoms with Crippen LogP contribution >= 0.6 is 23.8 Å². The Balaban J connectivity index is 1.36. The third-order valence-corrected chi connectivity index (χ3v) is 5.46. The van der Waals surface area contributed by atoms with Gasteiger partial charge in [-0.05, 0) is 77.0 Å². The molecule has 11 heteroatoms. The van der Waals surface area contributed by atoms with Gasteiger partial charge in [-0.2, -0.15) is 10.1 Å². The second kappa shape index (κ2) is 12.2. The van der Waals surface area contributed by atoms with Crippen molar-refractivity contribution < 1.29 is 23.6 Å². The summed E-state index contributed by atoms with van der Waals surface area (Å²) in [5.41, 5.74) is 6.43. The summed E-state index contributed by atoms with van der Waals surface area (Å²) in [5, 5.41) is 0. The Labute approximate surface area is 194 Å². The molecular formula is C21H24BrN4O5P. The molecule has 0 amide bonds. The number of halogens is 1. The second-order valence-corrected chi connectivity index (χ2v) is 9.24. The molecule has 170 valence electrons. The Morgan fingerprint density at radius 1 is 1.12 bits per heavy atom. The smallest absolute Gasteiger partial charge is 0.326 e. The minimum Gasteiger partial charge on any atom is -0.326 e. The summed E-state index contributed by atoms with van der Waals surface area (Å²) in [6, 6.07) is 7.46. The number of hydrogen-bond acceptors (Lipinski definition) is 8. The minimum absolute atomic E-state index is 0.182. The van der Waals surface area contributed by atoms with Crippen molar-refractivity contribution in [1.82, 2.24) is 20.4 Å². The van der Waals surface area contributed by atoms with Crippen LogP contribution in [0.25, 0.3) is 0 Å². The summed E-state index contributed by atoms with van der Waals surface area (Å²) >= 11 is 3.39. The number of nitrogens with one attached hydrogen (secondary N) is 1. The largest absolute Gasteiger partial charge is 0.525 e. The molecule has 3 heterocycles. The van der Waals surface area contributed by atoms with Gasteiger partial charge in [-0.1, -0.05) is 10.7 Å². The van der Waals surface area contributed by atoms with E-state index in [4.69, 9.17) is 9.51 Å². The molecule has 2 N–H and O–H groups in total. The van der Waals surface area contributed by atoms with Crippen molar-refractivity contribution in [3.05, 3.63) is 82.1 Å². The van der Waals surface area contributed by atoms with E-state index in [0.29, 0.717) is 13.0 Å². The number of nitrogens with zero attached hydrogens (tertiary/aromatic N) is 3. The summed E-state index contributed by atoms with van der Waals surface area (Å²) < 4.78 is 22.2. The molecule has 3 aromatic rings. The molecule has 0 radical (unpaired) electrons. The number of rotatable bonds is 12. The van der Waals surface area contributed by atoms with E-state index >= 15 is 0 Å². The lowest BCUT2D eigenvalue weighted by Crippen LogP contribution is -2.16. The molecule has 0 aliphatic heterocycles. The van der Waals surface area contributed by atoms with Crippen LogP contribution in [0.5, 0.6) is 5.75 Å². The van der Waals surface area contributed by atoms with Crippen molar-refractivity contribution in [2.75, 3.05) is 6.54 Å². The Hall–Kier alpha value is -2.20. The third-order valence-electron chi connectivity index (χ3n) is 4.40. The molecule has 0 aliphatic carbocycles. The predicted molar refractivity (Wildman–Crippen MR) is 122 cm³/mol. The maximum absolute atomic E-state index is 12.0. The standard InChI is InChI=1S/C21H24BrN4O5P/c1-16-9-19(22)14-25-21(16)6-2-3-8-26-30-32(27,28)31-29-20-11-18(13-24-15-20)10-17-5-4-7-23-12-17/h4-5,7,9,11-15,26H,2-3,6,8,10H2,1H3,(H,27,28). The van der Waals surface area contributed by atoms with Crippen molar-refractivity contribution in [3.63, 3.8) is 0 Å². The third kappa shape index (κ3) is 8.38. The van der Waals surface area contributed by atoms with Crippen molar-refractivity contribution in [2.24, 2.45) is 0 Å². The Morgan fingerprint density at radius 2 is 1.97 bits per heavy atom. The quantitative estimate of drug-likeness (QED) is 0.153. The lowest BCUT2D eigenvalue weighted by molar-refractivity contribution is -0.133. The monoisotopic (exact) mass is 522 g/mol. The maximum atomic E-state index is 12.0. The molecule has 0 fully saturated rings. The summed E-state index contributed by atoms with van der Waals surface area (Å²) in [7, 11) is -4.45. The van der Waals surface area contributed by atoms with E-state index in [1.807, 2.05) is 25.1 Å². The molecule has 32 heavy (non-hydrogen) atoms. The average Bonchev–Trinajstić information content (AvgIpc) is 2.77. The van der Waals surface area contributed by atoms with Crippen LogP contribution in [0.15, 0.2) is 59.7 Å². The van der Waals surface area contributed by atoms with Gasteiger partial charge in [0.25, 0.3) is 0 Å². The van der Waals surface area contributed by atoms with Gasteiger partial charge in [0.1, 0.15) is 0 Å². The first-order chi connectivity index (χ1) is 15.4. The topological polar surface area (TPSA) is 116 Å². The van der Waals surface area contributed by atoms with E-state index < -0.39 is 7.82 Å². The number of unbranched alkanes of at least 4 members (excludes halogenated alkanes) is 1. The number of phosphoric acid groups is 1. The summed E-state index contributed by atoms with van der Waals surface area (Å²) in [5.74, 6) is 0.182. The zero-order chi connectivity index (χ0) is 22.8. The van der Waals surface area contributed by atoms with Crippen LogP contribution in [0.2, 0.25) is 0 Å². The Bertz CT molecular complexity index is 1060. The van der Waals surface area contributed by atoms with Crippen LogP contribution in [0.4, 0.5) is 0 Å². The van der Waals surface area contributed by atoms with E-state index in [0.717, 1.165) is 46.1 Å². The predicted octanol–water partition coefficient (Wildman–Crippen LogP) is 4.49. The number of hydroxylamine groups is 1. The van der Waals surface area contributed by atoms with Gasteiger partial charge in [0.05, 0.1) is 6.20 Å². The van der Waals surface area contributed by atoms with Gasteiger partial charge < -0.3 is 4.89 Å². The summed E-state index contributed by atoms with van der Waals surface area (Å²) in [4.78, 5) is 27.2. The Kier molecular flexibility index (Phi) is 9.28. The fourth-order valence-electron chi connectivity index (χ4n) is 2.90. The van der Waals surface area contributed by atoms with Crippen LogP contribution in [0.1, 0.15) is 35.2 Å². The molecule has 1 atom stereocenters. The normalized spacial score (nSPS) is 13.0. The fourth-order valence-corrected chi connectivity index (χ4v) is 3.81. The van der Waals surface area contributed by atoms with Crippen LogP contribution in [0.3, 0.4) is 0 Å². The SMILES string of the molecule is Cc1cc(Br)cnc1CCCCNOP(=O)(O)OOc1cncc(Cc2cccnc2)c1. The first kappa shape index (κ1) is 24.4. The van der Waals surface area contributed by atoms with Gasteiger partial charge in [-0.25, -0.2) is 4.57 Å². The lowest BCUT2D eigenvalue weighted by atomic mass is 10.1. The highest BCUT2D eigenvalue weighted by atomic mass is 79.9. The van der Waals surface area contributed by atoms with Gasteiger partial charge >= 0.3 is 7.82 Å². The number of pyridine rings is 3. The van der Waals surface area contributed by atoms with Gasteiger partial charge in [-0.15, -0.1) is 0 Å². The van der Waals surface area contributed by atoms with E-state index in [1.54, 1.807) is 30.9 Å². The van der Waals surface area contributed by atoms with Crippen molar-refractivity contribution >= 4 is 23.8 Å². The van der Waals surface area contributed by atoms with Crippen molar-refractivity contribution in [2.45, 2.75) is 32.6 Å². The molecule has 0 spiro atoms. The molecule has 0 aromatic carbocycles. The summed E-state index contributed by atoms with van der Waals surface area (Å²) in [6.45, 7) is 2.38. The van der Waals surface area contributed by atoms with Crippen LogP contribution in [-0.2, 0) is 26.7 Å². The molecule has 0 saturated carbocycles.